The van der Waals surface area contributed by atoms with Crippen molar-refractivity contribution in [3.05, 3.63) is 74.3 Å². The van der Waals surface area contributed by atoms with Crippen LogP contribution in [-0.4, -0.2) is 35.4 Å². The predicted octanol–water partition coefficient (Wildman–Crippen LogP) is 7.48. The van der Waals surface area contributed by atoms with E-state index in [9.17, 15) is 26.3 Å². The highest BCUT2D eigenvalue weighted by Gasteiger charge is 2.39. The molecule has 1 unspecified atom stereocenters. The number of alkyl halides is 6. The van der Waals surface area contributed by atoms with Crippen LogP contribution in [0, 0.1) is 20.8 Å². The minimum absolute atomic E-state index is 0.0554. The normalized spacial score (nSPS) is 13.1. The van der Waals surface area contributed by atoms with Crippen molar-refractivity contribution >= 4 is 56.4 Å². The number of benzene rings is 2. The van der Waals surface area contributed by atoms with Crippen LogP contribution >= 0.6 is 40.4 Å². The van der Waals surface area contributed by atoms with E-state index >= 15 is 0 Å². The van der Waals surface area contributed by atoms with E-state index in [2.05, 4.69) is 26.6 Å². The summed E-state index contributed by atoms with van der Waals surface area (Å²) < 4.78 is 78.8. The van der Waals surface area contributed by atoms with Gasteiger partial charge in [-0.2, -0.15) is 26.3 Å². The Bertz CT molecular complexity index is 1100. The molecule has 0 amide bonds. The molecule has 2 aromatic rings. The summed E-state index contributed by atoms with van der Waals surface area (Å²) in [4.78, 5) is 0.169. The van der Waals surface area contributed by atoms with Crippen molar-refractivity contribution in [3.8, 4) is 0 Å². The average molecular weight is 597 g/mol. The molecule has 0 fully saturated rings. The summed E-state index contributed by atoms with van der Waals surface area (Å²) in [7, 11) is 0. The van der Waals surface area contributed by atoms with Crippen LogP contribution in [-0.2, 0) is 0 Å². The molecule has 0 aliphatic carbocycles. The summed E-state index contributed by atoms with van der Waals surface area (Å²) >= 11 is 13.5. The lowest BCUT2D eigenvalue weighted by Crippen LogP contribution is -2.39. The Labute approximate surface area is 219 Å². The topological polar surface area (TPSA) is 24.1 Å². The summed E-state index contributed by atoms with van der Waals surface area (Å²) in [6.45, 7) is 4.11. The van der Waals surface area contributed by atoms with E-state index in [-0.39, 0.29) is 22.1 Å². The first-order valence-corrected chi connectivity index (χ1v) is 11.9. The number of halogens is 7. The summed E-state index contributed by atoms with van der Waals surface area (Å²) in [5, 5.41) is 4.85. The van der Waals surface area contributed by atoms with Gasteiger partial charge in [-0.15, -0.1) is 0 Å². The Morgan fingerprint density at radius 2 is 1.57 bits per heavy atom. The van der Waals surface area contributed by atoms with E-state index in [1.54, 1.807) is 44.2 Å². The van der Waals surface area contributed by atoms with Crippen molar-refractivity contribution in [1.82, 2.24) is 10.6 Å². The van der Waals surface area contributed by atoms with E-state index in [1.165, 1.54) is 6.08 Å². The molecule has 0 saturated heterocycles. The summed E-state index contributed by atoms with van der Waals surface area (Å²) in [6.07, 6.45) is -6.35. The van der Waals surface area contributed by atoms with Crippen LogP contribution in [0.5, 0.6) is 0 Å². The van der Waals surface area contributed by atoms with Crippen LogP contribution in [0.15, 0.2) is 40.9 Å². The second-order valence-electron chi connectivity index (χ2n) is 7.97. The smallest absolute Gasteiger partial charge is 0.369 e. The van der Waals surface area contributed by atoms with Crippen LogP contribution < -0.4 is 10.6 Å². The molecular formula is C24H23BrF6N2S2. The number of rotatable bonds is 7. The van der Waals surface area contributed by atoms with Gasteiger partial charge in [0.15, 0.2) is 0 Å². The largest absolute Gasteiger partial charge is 0.405 e. The number of thiocarbonyl (C=S) groups is 2. The van der Waals surface area contributed by atoms with Gasteiger partial charge in [-0.3, -0.25) is 0 Å². The van der Waals surface area contributed by atoms with Crippen molar-refractivity contribution in [3.63, 3.8) is 0 Å². The molecule has 0 bridgehead atoms. The minimum Gasteiger partial charge on any atom is -0.369 e. The fraction of sp³-hybridized carbons (Fsp3) is 0.333. The molecule has 2 rings (SSSR count). The lowest BCUT2D eigenvalue weighted by molar-refractivity contribution is -0.139. The Balaban J connectivity index is 2.15. The second-order valence-corrected chi connectivity index (χ2v) is 9.73. The standard InChI is InChI=1S/C24H23BrF6N2S2/c1-13-8-17(9-14(2)15(13)3)19(24(29,30)31)7-5-16-4-6-18(20(25)10-16)22(35)32-11-21(34)33-12-23(26,27)28/h4-10,19H,11-12H2,1-3H3,(H,32,35)(H,33,34)/b7-5+. The van der Waals surface area contributed by atoms with Gasteiger partial charge < -0.3 is 10.6 Å². The molecule has 2 nitrogen and oxygen atoms in total. The van der Waals surface area contributed by atoms with Gasteiger partial charge in [-0.05, 0) is 54.7 Å². The van der Waals surface area contributed by atoms with E-state index in [4.69, 9.17) is 24.4 Å². The predicted molar refractivity (Wildman–Crippen MR) is 139 cm³/mol. The van der Waals surface area contributed by atoms with Crippen molar-refractivity contribution in [2.75, 3.05) is 13.1 Å². The Morgan fingerprint density at radius 1 is 0.971 bits per heavy atom. The average Bonchev–Trinajstić information content (AvgIpc) is 2.73. The zero-order valence-electron chi connectivity index (χ0n) is 19.0. The summed E-state index contributed by atoms with van der Waals surface area (Å²) in [5.41, 5.74) is 3.76. The molecule has 1 atom stereocenters. The van der Waals surface area contributed by atoms with Crippen LogP contribution in [0.25, 0.3) is 6.08 Å². The van der Waals surface area contributed by atoms with Crippen LogP contribution in [0.4, 0.5) is 26.3 Å². The number of aryl methyl sites for hydroxylation is 2. The number of allylic oxidation sites excluding steroid dienone is 1. The van der Waals surface area contributed by atoms with Crippen LogP contribution in [0.3, 0.4) is 0 Å². The summed E-state index contributed by atoms with van der Waals surface area (Å²) in [6, 6.07) is 7.93. The molecule has 0 heterocycles. The van der Waals surface area contributed by atoms with Gasteiger partial charge in [0.2, 0.25) is 0 Å². The molecule has 35 heavy (non-hydrogen) atoms. The molecule has 0 aliphatic rings. The maximum atomic E-state index is 13.8. The lowest BCUT2D eigenvalue weighted by Gasteiger charge is -2.19. The van der Waals surface area contributed by atoms with Gasteiger partial charge in [0, 0.05) is 10.0 Å². The molecule has 2 N–H and O–H groups in total. The van der Waals surface area contributed by atoms with Crippen molar-refractivity contribution in [2.45, 2.75) is 39.0 Å². The third kappa shape index (κ3) is 8.88. The SMILES string of the molecule is Cc1cc(C(/C=C/c2ccc(C(=S)NCC(=S)NCC(F)(F)F)c(Br)c2)C(F)(F)F)cc(C)c1C. The van der Waals surface area contributed by atoms with E-state index in [0.29, 0.717) is 15.6 Å². The highest BCUT2D eigenvalue weighted by molar-refractivity contribution is 9.10. The molecule has 2 aromatic carbocycles. The number of nitrogens with one attached hydrogen (secondary N) is 2. The van der Waals surface area contributed by atoms with Crippen LogP contribution in [0.1, 0.15) is 39.3 Å². The van der Waals surface area contributed by atoms with Crippen molar-refractivity contribution in [1.29, 1.82) is 0 Å². The van der Waals surface area contributed by atoms with Gasteiger partial charge >= 0.3 is 12.4 Å². The monoisotopic (exact) mass is 596 g/mol. The van der Waals surface area contributed by atoms with E-state index < -0.39 is 24.8 Å². The molecule has 11 heteroatoms. The maximum Gasteiger partial charge on any atom is 0.405 e. The molecule has 0 aliphatic heterocycles. The van der Waals surface area contributed by atoms with Gasteiger partial charge in [0.05, 0.1) is 17.5 Å². The molecule has 0 saturated carbocycles. The molecule has 0 spiro atoms. The third-order valence-corrected chi connectivity index (χ3v) is 6.58. The molecular weight excluding hydrogens is 574 g/mol. The first kappa shape index (κ1) is 29.3. The second kappa shape index (κ2) is 11.8. The Kier molecular flexibility index (Phi) is 9.89. The van der Waals surface area contributed by atoms with Gasteiger partial charge in [-0.1, -0.05) is 76.8 Å². The fourth-order valence-corrected chi connectivity index (χ4v) is 4.32. The molecule has 0 radical (unpaired) electrons. The number of hydrogen-bond donors (Lipinski definition) is 2. The van der Waals surface area contributed by atoms with Gasteiger partial charge in [0.25, 0.3) is 0 Å². The highest BCUT2D eigenvalue weighted by atomic mass is 79.9. The quantitative estimate of drug-likeness (QED) is 0.256. The van der Waals surface area contributed by atoms with Gasteiger partial charge in [-0.25, -0.2) is 0 Å². The van der Waals surface area contributed by atoms with Crippen LogP contribution in [0.2, 0.25) is 0 Å². The fourth-order valence-electron chi connectivity index (χ4n) is 3.20. The zero-order valence-corrected chi connectivity index (χ0v) is 22.2. The van der Waals surface area contributed by atoms with E-state index in [0.717, 1.165) is 22.8 Å². The van der Waals surface area contributed by atoms with E-state index in [1.807, 2.05) is 6.92 Å². The molecule has 190 valence electrons. The highest BCUT2D eigenvalue weighted by Crippen LogP contribution is 2.38. The maximum absolute atomic E-state index is 13.8. The Morgan fingerprint density at radius 3 is 2.09 bits per heavy atom. The summed E-state index contributed by atoms with van der Waals surface area (Å²) in [5.74, 6) is -1.77. The zero-order chi connectivity index (χ0) is 26.6. The Hall–Kier alpha value is -1.98. The number of hydrogen-bond acceptors (Lipinski definition) is 2. The first-order chi connectivity index (χ1) is 16.1. The molecule has 0 aromatic heterocycles. The van der Waals surface area contributed by atoms with Gasteiger partial charge in [0.1, 0.15) is 11.5 Å². The third-order valence-electron chi connectivity index (χ3n) is 5.28. The minimum atomic E-state index is -4.47. The van der Waals surface area contributed by atoms with Crippen molar-refractivity contribution < 1.29 is 26.3 Å². The first-order valence-electron chi connectivity index (χ1n) is 10.3. The van der Waals surface area contributed by atoms with Crippen molar-refractivity contribution in [2.24, 2.45) is 0 Å². The lowest BCUT2D eigenvalue weighted by atomic mass is 9.91.